The molecule has 1 aliphatic heterocycles. The Bertz CT molecular complexity index is 776. The van der Waals surface area contributed by atoms with Crippen molar-refractivity contribution in [1.29, 1.82) is 0 Å². The third-order valence-electron chi connectivity index (χ3n) is 5.24. The van der Waals surface area contributed by atoms with Gasteiger partial charge in [-0.3, -0.25) is 4.90 Å². The molecule has 2 aromatic rings. The van der Waals surface area contributed by atoms with Crippen molar-refractivity contribution in [3.8, 4) is 11.5 Å². The van der Waals surface area contributed by atoms with E-state index in [0.29, 0.717) is 13.1 Å². The monoisotopic (exact) mass is 384 g/mol. The number of carbonyl (C=O) groups excluding carboxylic acids is 1. The molecule has 1 fully saturated rings. The minimum atomic E-state index is -0.271. The van der Waals surface area contributed by atoms with Crippen molar-refractivity contribution in [3.63, 3.8) is 0 Å². The maximum atomic E-state index is 12.3. The largest absolute Gasteiger partial charge is 0.497 e. The van der Waals surface area contributed by atoms with Gasteiger partial charge in [-0.1, -0.05) is 24.3 Å². The molecule has 0 bridgehead atoms. The minimum Gasteiger partial charge on any atom is -0.497 e. The Morgan fingerprint density at radius 1 is 1.00 bits per heavy atom. The lowest BCUT2D eigenvalue weighted by Crippen LogP contribution is -2.33. The van der Waals surface area contributed by atoms with Gasteiger partial charge in [-0.05, 0) is 49.2 Å². The van der Waals surface area contributed by atoms with Crippen LogP contribution in [0.1, 0.15) is 37.1 Å². The number of hydrogen-bond donors (Lipinski definition) is 1. The van der Waals surface area contributed by atoms with Crippen LogP contribution in [0.2, 0.25) is 0 Å². The molecule has 3 atom stereocenters. The van der Waals surface area contributed by atoms with Crippen molar-refractivity contribution in [2.24, 2.45) is 0 Å². The lowest BCUT2D eigenvalue weighted by molar-refractivity contribution is 0.127. The van der Waals surface area contributed by atoms with Crippen LogP contribution in [0.4, 0.5) is 4.79 Å². The lowest BCUT2D eigenvalue weighted by Gasteiger charge is -2.22. The summed E-state index contributed by atoms with van der Waals surface area (Å²) >= 11 is 0. The number of amides is 1. The summed E-state index contributed by atoms with van der Waals surface area (Å²) in [7, 11) is 3.30. The zero-order valence-corrected chi connectivity index (χ0v) is 16.8. The number of methoxy groups -OCH3 is 2. The van der Waals surface area contributed by atoms with Crippen molar-refractivity contribution in [3.05, 3.63) is 59.7 Å². The van der Waals surface area contributed by atoms with Crippen molar-refractivity contribution < 1.29 is 19.0 Å². The van der Waals surface area contributed by atoms with Crippen LogP contribution in [0.25, 0.3) is 0 Å². The Labute approximate surface area is 166 Å². The van der Waals surface area contributed by atoms with Crippen molar-refractivity contribution in [2.45, 2.75) is 32.0 Å². The van der Waals surface area contributed by atoms with E-state index >= 15 is 0 Å². The van der Waals surface area contributed by atoms with Crippen molar-refractivity contribution in [2.75, 3.05) is 27.3 Å². The number of hydrogen-bond acceptors (Lipinski definition) is 5. The van der Waals surface area contributed by atoms with Crippen molar-refractivity contribution >= 4 is 6.09 Å². The second-order valence-corrected chi connectivity index (χ2v) is 7.01. The predicted molar refractivity (Wildman–Crippen MR) is 108 cm³/mol. The molecule has 6 heteroatoms. The van der Waals surface area contributed by atoms with Gasteiger partial charge in [-0.25, -0.2) is 4.79 Å². The molecule has 0 aliphatic carbocycles. The fourth-order valence-electron chi connectivity index (χ4n) is 3.34. The highest BCUT2D eigenvalue weighted by molar-refractivity contribution is 5.70. The minimum absolute atomic E-state index is 0.0533. The van der Waals surface area contributed by atoms with Gasteiger partial charge in [-0.2, -0.15) is 0 Å². The molecule has 28 heavy (non-hydrogen) atoms. The summed E-state index contributed by atoms with van der Waals surface area (Å²) in [5.74, 6) is 1.64. The topological polar surface area (TPSA) is 60.0 Å². The molecule has 3 rings (SSSR count). The first kappa shape index (κ1) is 20.0. The summed E-state index contributed by atoms with van der Waals surface area (Å²) in [6.07, 6.45) is -0.443. The van der Waals surface area contributed by atoms with Crippen LogP contribution in [-0.4, -0.2) is 44.4 Å². The number of cyclic esters (lactones) is 1. The molecule has 0 radical (unpaired) electrons. The Kier molecular flexibility index (Phi) is 6.41. The zero-order chi connectivity index (χ0) is 20.1. The molecule has 1 heterocycles. The van der Waals surface area contributed by atoms with E-state index in [1.807, 2.05) is 55.5 Å². The molecule has 1 saturated heterocycles. The average molecular weight is 384 g/mol. The SMILES string of the molecule is COc1ccc([C@H](C)NC[C@@H]2CN([C@@H](C)c3ccc(OC)cc3)C(=O)O2)cc1. The zero-order valence-electron chi connectivity index (χ0n) is 16.8. The number of nitrogens with one attached hydrogen (secondary N) is 1. The highest BCUT2D eigenvalue weighted by Crippen LogP contribution is 2.27. The van der Waals surface area contributed by atoms with Gasteiger partial charge in [-0.15, -0.1) is 0 Å². The fourth-order valence-corrected chi connectivity index (χ4v) is 3.34. The number of ether oxygens (including phenoxy) is 3. The van der Waals surface area contributed by atoms with Crippen LogP contribution in [-0.2, 0) is 4.74 Å². The van der Waals surface area contributed by atoms with Gasteiger partial charge >= 0.3 is 6.09 Å². The molecule has 0 aromatic heterocycles. The Hall–Kier alpha value is -2.73. The quantitative estimate of drug-likeness (QED) is 0.747. The van der Waals surface area contributed by atoms with Gasteiger partial charge in [0, 0.05) is 12.6 Å². The fraction of sp³-hybridized carbons (Fsp3) is 0.409. The molecule has 1 amide bonds. The Morgan fingerprint density at radius 3 is 2.07 bits per heavy atom. The van der Waals surface area contributed by atoms with E-state index in [-0.39, 0.29) is 24.3 Å². The number of carbonyl (C=O) groups is 1. The molecule has 2 aromatic carbocycles. The number of benzene rings is 2. The third-order valence-corrected chi connectivity index (χ3v) is 5.24. The summed E-state index contributed by atoms with van der Waals surface area (Å²) < 4.78 is 16.0. The molecule has 6 nitrogen and oxygen atoms in total. The maximum Gasteiger partial charge on any atom is 0.410 e. The molecule has 150 valence electrons. The summed E-state index contributed by atoms with van der Waals surface area (Å²) in [4.78, 5) is 14.1. The molecule has 0 saturated carbocycles. The standard InChI is InChI=1S/C22H28N2O4/c1-15(17-5-9-19(26-3)10-6-17)23-13-21-14-24(22(25)28-21)16(2)18-7-11-20(27-4)12-8-18/h5-12,15-16,21,23H,13-14H2,1-4H3/t15-,16-,21+/m0/s1. The summed E-state index contributed by atoms with van der Waals surface area (Å²) in [5.41, 5.74) is 2.21. The first-order valence-corrected chi connectivity index (χ1v) is 9.50. The highest BCUT2D eigenvalue weighted by Gasteiger charge is 2.34. The van der Waals surface area contributed by atoms with Crippen LogP contribution in [0.3, 0.4) is 0 Å². The Balaban J connectivity index is 1.54. The second kappa shape index (κ2) is 8.97. The van der Waals surface area contributed by atoms with Crippen LogP contribution in [0, 0.1) is 0 Å². The number of rotatable bonds is 8. The average Bonchev–Trinajstić information content (AvgIpc) is 3.12. The lowest BCUT2D eigenvalue weighted by atomic mass is 10.1. The maximum absolute atomic E-state index is 12.3. The van der Waals surface area contributed by atoms with Gasteiger partial charge in [0.1, 0.15) is 17.6 Å². The molecular weight excluding hydrogens is 356 g/mol. The van der Waals surface area contributed by atoms with Crippen LogP contribution in [0.15, 0.2) is 48.5 Å². The first-order valence-electron chi connectivity index (χ1n) is 9.50. The smallest absolute Gasteiger partial charge is 0.410 e. The van der Waals surface area contributed by atoms with Gasteiger partial charge in [0.05, 0.1) is 26.8 Å². The molecule has 0 spiro atoms. The predicted octanol–water partition coefficient (Wildman–Crippen LogP) is 3.94. The van der Waals surface area contributed by atoms with Gasteiger partial charge in [0.25, 0.3) is 0 Å². The van der Waals surface area contributed by atoms with E-state index in [1.54, 1.807) is 19.1 Å². The second-order valence-electron chi connectivity index (χ2n) is 7.01. The summed E-state index contributed by atoms with van der Waals surface area (Å²) in [5, 5.41) is 3.45. The molecular formula is C22H28N2O4. The van der Waals surface area contributed by atoms with Crippen LogP contribution in [0.5, 0.6) is 11.5 Å². The first-order chi connectivity index (χ1) is 13.5. The van der Waals surface area contributed by atoms with Gasteiger partial charge < -0.3 is 19.5 Å². The summed E-state index contributed by atoms with van der Waals surface area (Å²) in [6, 6.07) is 15.8. The number of nitrogens with zero attached hydrogens (tertiary/aromatic N) is 1. The highest BCUT2D eigenvalue weighted by atomic mass is 16.6. The van der Waals surface area contributed by atoms with E-state index in [9.17, 15) is 4.79 Å². The molecule has 0 unspecified atom stereocenters. The molecule has 1 N–H and O–H groups in total. The van der Waals surface area contributed by atoms with E-state index in [1.165, 1.54) is 0 Å². The van der Waals surface area contributed by atoms with E-state index < -0.39 is 0 Å². The van der Waals surface area contributed by atoms with E-state index in [0.717, 1.165) is 22.6 Å². The normalized spacial score (nSPS) is 18.5. The van der Waals surface area contributed by atoms with Crippen molar-refractivity contribution in [1.82, 2.24) is 10.2 Å². The van der Waals surface area contributed by atoms with Crippen LogP contribution >= 0.6 is 0 Å². The Morgan fingerprint density at radius 2 is 1.54 bits per heavy atom. The van der Waals surface area contributed by atoms with E-state index in [4.69, 9.17) is 14.2 Å². The van der Waals surface area contributed by atoms with E-state index in [2.05, 4.69) is 12.2 Å². The molecule has 1 aliphatic rings. The summed E-state index contributed by atoms with van der Waals surface area (Å²) in [6.45, 7) is 5.27. The van der Waals surface area contributed by atoms with Gasteiger partial charge in [0.15, 0.2) is 0 Å². The van der Waals surface area contributed by atoms with Gasteiger partial charge in [0.2, 0.25) is 0 Å². The van der Waals surface area contributed by atoms with Crippen LogP contribution < -0.4 is 14.8 Å². The third kappa shape index (κ3) is 4.57.